The smallest absolute Gasteiger partial charge is 0.222 e. The van der Waals surface area contributed by atoms with Crippen LogP contribution in [0.1, 0.15) is 149 Å². The highest BCUT2D eigenvalue weighted by molar-refractivity contribution is 5.87. The molecule has 3 unspecified atom stereocenters. The number of amides is 2. The molecule has 0 aromatic rings. The summed E-state index contributed by atoms with van der Waals surface area (Å²) in [6, 6.07) is 0.0811. The molecule has 0 aliphatic carbocycles. The first-order valence-electron chi connectivity index (χ1n) is 15.4. The summed E-state index contributed by atoms with van der Waals surface area (Å²) in [4.78, 5) is 26.7. The van der Waals surface area contributed by atoms with E-state index in [9.17, 15) is 9.59 Å². The van der Waals surface area contributed by atoms with Gasteiger partial charge in [0.2, 0.25) is 11.8 Å². The van der Waals surface area contributed by atoms with Crippen LogP contribution >= 0.6 is 12.4 Å². The number of unbranched alkanes of at least 4 members (excludes halogenated alkanes) is 18. The van der Waals surface area contributed by atoms with Crippen molar-refractivity contribution in [2.45, 2.75) is 155 Å². The van der Waals surface area contributed by atoms with E-state index in [2.05, 4.69) is 18.7 Å². The molecule has 1 aliphatic rings. The zero-order valence-corrected chi connectivity index (χ0v) is 24.6. The normalized spacial score (nSPS) is 19.9. The highest BCUT2D eigenvalue weighted by Crippen LogP contribution is 2.33. The zero-order chi connectivity index (χ0) is 25.7. The minimum absolute atomic E-state index is 0. The number of carbonyl (C=O) groups excluding carboxylic acids is 2. The second-order valence-corrected chi connectivity index (χ2v) is 11.2. The molecule has 0 radical (unpaired) electrons. The molecule has 6 heteroatoms. The first-order valence-corrected chi connectivity index (χ1v) is 15.4. The molecule has 1 aliphatic heterocycles. The number of primary amides is 2. The molecule has 1 rings (SSSR count). The Morgan fingerprint density at radius 2 is 1.00 bits per heavy atom. The fourth-order valence-electron chi connectivity index (χ4n) is 5.91. The van der Waals surface area contributed by atoms with Gasteiger partial charge in [0.05, 0.1) is 11.8 Å². The van der Waals surface area contributed by atoms with Crippen LogP contribution in [0.15, 0.2) is 0 Å². The van der Waals surface area contributed by atoms with E-state index in [1.807, 2.05) is 0 Å². The Kier molecular flexibility index (Phi) is 22.8. The Morgan fingerprint density at radius 3 is 1.39 bits per heavy atom. The van der Waals surface area contributed by atoms with Crippen LogP contribution in [0.25, 0.3) is 0 Å². The Balaban J connectivity index is 0.0000122. The number of rotatable bonds is 24. The van der Waals surface area contributed by atoms with Gasteiger partial charge in [-0.2, -0.15) is 0 Å². The largest absolute Gasteiger partial charge is 0.369 e. The molecule has 0 aromatic carbocycles. The van der Waals surface area contributed by atoms with E-state index in [1.165, 1.54) is 116 Å². The van der Waals surface area contributed by atoms with Crippen molar-refractivity contribution < 1.29 is 9.59 Å². The highest BCUT2D eigenvalue weighted by Gasteiger charge is 2.46. The molecule has 214 valence electrons. The third-order valence-corrected chi connectivity index (χ3v) is 8.09. The maximum atomic E-state index is 12.3. The van der Waals surface area contributed by atoms with Gasteiger partial charge in [0.15, 0.2) is 0 Å². The lowest BCUT2D eigenvalue weighted by Crippen LogP contribution is -2.41. The van der Waals surface area contributed by atoms with Gasteiger partial charge in [-0.05, 0) is 19.4 Å². The monoisotopic (exact) mass is 529 g/mol. The number of nitrogens with zero attached hydrogens (tertiary/aromatic N) is 1. The van der Waals surface area contributed by atoms with Gasteiger partial charge in [0.1, 0.15) is 0 Å². The second-order valence-electron chi connectivity index (χ2n) is 11.2. The third kappa shape index (κ3) is 15.4. The molecule has 0 spiro atoms. The molecule has 5 nitrogen and oxygen atoms in total. The number of halogens is 1. The SMILES string of the molecule is CCCCCCCCCCCCC1C(C(N)=O)C(C(N)=O)CN1CCCCCCCCCCCC.Cl. The Bertz CT molecular complexity index is 546. The van der Waals surface area contributed by atoms with Crippen LogP contribution in [0.5, 0.6) is 0 Å². The van der Waals surface area contributed by atoms with Crippen LogP contribution in [-0.4, -0.2) is 35.8 Å². The summed E-state index contributed by atoms with van der Waals surface area (Å²) in [5.41, 5.74) is 11.5. The van der Waals surface area contributed by atoms with Crippen LogP contribution in [0, 0.1) is 11.8 Å². The van der Waals surface area contributed by atoms with Gasteiger partial charge in [0.25, 0.3) is 0 Å². The van der Waals surface area contributed by atoms with Crippen molar-refractivity contribution in [1.82, 2.24) is 4.90 Å². The molecule has 0 bridgehead atoms. The Morgan fingerprint density at radius 1 is 0.611 bits per heavy atom. The fourth-order valence-corrected chi connectivity index (χ4v) is 5.91. The van der Waals surface area contributed by atoms with E-state index in [0.29, 0.717) is 6.54 Å². The van der Waals surface area contributed by atoms with Crippen LogP contribution in [0.4, 0.5) is 0 Å². The minimum atomic E-state index is -0.427. The molecule has 0 saturated carbocycles. The van der Waals surface area contributed by atoms with Crippen LogP contribution in [-0.2, 0) is 9.59 Å². The van der Waals surface area contributed by atoms with Crippen molar-refractivity contribution >= 4 is 24.2 Å². The predicted molar refractivity (Wildman–Crippen MR) is 156 cm³/mol. The summed E-state index contributed by atoms with van der Waals surface area (Å²) in [6.45, 7) is 6.08. The molecule has 2 amide bonds. The summed E-state index contributed by atoms with van der Waals surface area (Å²) in [5.74, 6) is -1.57. The van der Waals surface area contributed by atoms with Crippen molar-refractivity contribution in [1.29, 1.82) is 0 Å². The van der Waals surface area contributed by atoms with Crippen molar-refractivity contribution in [3.63, 3.8) is 0 Å². The van der Waals surface area contributed by atoms with E-state index >= 15 is 0 Å². The lowest BCUT2D eigenvalue weighted by Gasteiger charge is -2.27. The molecular formula is C30H60ClN3O2. The number of likely N-dealkylation sites (tertiary alicyclic amines) is 1. The standard InChI is InChI=1S/C30H59N3O2.ClH/c1-3-5-7-9-11-13-15-17-19-21-23-27-28(30(32)35)26(29(31)34)25-33(27)24-22-20-18-16-14-12-10-8-6-4-2;/h26-28H,3-25H2,1-2H3,(H2,31,34)(H2,32,35);1H. The Labute approximate surface area is 229 Å². The average Bonchev–Trinajstić information content (AvgIpc) is 3.20. The van der Waals surface area contributed by atoms with Crippen molar-refractivity contribution in [3.8, 4) is 0 Å². The van der Waals surface area contributed by atoms with Crippen molar-refractivity contribution in [2.24, 2.45) is 23.3 Å². The number of nitrogens with two attached hydrogens (primary N) is 2. The van der Waals surface area contributed by atoms with Crippen LogP contribution in [0.2, 0.25) is 0 Å². The molecule has 0 aromatic heterocycles. The Hall–Kier alpha value is -0.810. The molecular weight excluding hydrogens is 470 g/mol. The van der Waals surface area contributed by atoms with Crippen molar-refractivity contribution in [2.75, 3.05) is 13.1 Å². The topological polar surface area (TPSA) is 89.4 Å². The van der Waals surface area contributed by atoms with Gasteiger partial charge in [-0.1, -0.05) is 136 Å². The predicted octanol–water partition coefficient (Wildman–Crippen LogP) is 7.53. The number of hydrogen-bond donors (Lipinski definition) is 2. The lowest BCUT2D eigenvalue weighted by atomic mass is 9.86. The summed E-state index contributed by atoms with van der Waals surface area (Å²) in [5, 5.41) is 0. The fraction of sp³-hybridized carbons (Fsp3) is 0.933. The van der Waals surface area contributed by atoms with E-state index in [0.717, 1.165) is 25.8 Å². The maximum Gasteiger partial charge on any atom is 0.222 e. The molecule has 4 N–H and O–H groups in total. The molecule has 1 fully saturated rings. The minimum Gasteiger partial charge on any atom is -0.369 e. The average molecular weight is 530 g/mol. The van der Waals surface area contributed by atoms with Gasteiger partial charge in [0, 0.05) is 12.6 Å². The van der Waals surface area contributed by atoms with Gasteiger partial charge in [-0.25, -0.2) is 0 Å². The van der Waals surface area contributed by atoms with Crippen LogP contribution in [0.3, 0.4) is 0 Å². The van der Waals surface area contributed by atoms with E-state index in [-0.39, 0.29) is 30.3 Å². The quantitative estimate of drug-likeness (QED) is 0.127. The summed E-state index contributed by atoms with van der Waals surface area (Å²) >= 11 is 0. The first kappa shape index (κ1) is 35.2. The lowest BCUT2D eigenvalue weighted by molar-refractivity contribution is -0.130. The number of hydrogen-bond acceptors (Lipinski definition) is 3. The third-order valence-electron chi connectivity index (χ3n) is 8.09. The second kappa shape index (κ2) is 23.3. The molecule has 1 saturated heterocycles. The van der Waals surface area contributed by atoms with Gasteiger partial charge in [-0.15, -0.1) is 12.4 Å². The summed E-state index contributed by atoms with van der Waals surface area (Å²) in [6.07, 6.45) is 27.1. The van der Waals surface area contributed by atoms with E-state index in [1.54, 1.807) is 0 Å². The summed E-state index contributed by atoms with van der Waals surface area (Å²) < 4.78 is 0. The molecule has 1 heterocycles. The zero-order valence-electron chi connectivity index (χ0n) is 23.8. The van der Waals surface area contributed by atoms with E-state index in [4.69, 9.17) is 11.5 Å². The highest BCUT2D eigenvalue weighted by atomic mass is 35.5. The van der Waals surface area contributed by atoms with Gasteiger partial charge < -0.3 is 11.5 Å². The first-order chi connectivity index (χ1) is 17.0. The molecule has 3 atom stereocenters. The summed E-state index contributed by atoms with van der Waals surface area (Å²) in [7, 11) is 0. The van der Waals surface area contributed by atoms with Crippen LogP contribution < -0.4 is 11.5 Å². The van der Waals surface area contributed by atoms with Gasteiger partial charge >= 0.3 is 0 Å². The van der Waals surface area contributed by atoms with Gasteiger partial charge in [-0.3, -0.25) is 14.5 Å². The number of carbonyl (C=O) groups is 2. The van der Waals surface area contributed by atoms with Crippen molar-refractivity contribution in [3.05, 3.63) is 0 Å². The van der Waals surface area contributed by atoms with E-state index < -0.39 is 11.8 Å². The maximum absolute atomic E-state index is 12.3. The molecule has 36 heavy (non-hydrogen) atoms.